The molecule has 0 spiro atoms. The van der Waals surface area contributed by atoms with Gasteiger partial charge >= 0.3 is 12.0 Å². The predicted molar refractivity (Wildman–Crippen MR) is 125 cm³/mol. The number of nitrogens with zero attached hydrogens (tertiary/aromatic N) is 2. The summed E-state index contributed by atoms with van der Waals surface area (Å²) in [6, 6.07) is 15.5. The number of carbonyl (C=O) groups excluding carboxylic acids is 2. The summed E-state index contributed by atoms with van der Waals surface area (Å²) in [5.41, 5.74) is 4.86. The van der Waals surface area contributed by atoms with Crippen LogP contribution in [-0.4, -0.2) is 50.3 Å². The van der Waals surface area contributed by atoms with Crippen LogP contribution < -0.4 is 4.90 Å². The summed E-state index contributed by atoms with van der Waals surface area (Å²) in [6.45, 7) is 2.70. The van der Waals surface area contributed by atoms with E-state index in [-0.39, 0.29) is 12.0 Å². The van der Waals surface area contributed by atoms with Crippen molar-refractivity contribution in [3.63, 3.8) is 0 Å². The number of allylic oxidation sites excluding steroid dienone is 2. The van der Waals surface area contributed by atoms with Gasteiger partial charge < -0.3 is 14.4 Å². The lowest BCUT2D eigenvalue weighted by Gasteiger charge is -2.33. The van der Waals surface area contributed by atoms with Gasteiger partial charge in [-0.3, -0.25) is 4.90 Å². The van der Waals surface area contributed by atoms with E-state index in [1.807, 2.05) is 34.1 Å². The molecule has 6 nitrogen and oxygen atoms in total. The number of hydrogen-bond acceptors (Lipinski definition) is 4. The number of ether oxygens (including phenoxy) is 2. The molecule has 2 aromatic carbocycles. The van der Waals surface area contributed by atoms with Gasteiger partial charge in [-0.2, -0.15) is 0 Å². The number of morpholine rings is 1. The van der Waals surface area contributed by atoms with Crippen LogP contribution in [0.2, 0.25) is 0 Å². The molecule has 0 N–H and O–H groups in total. The van der Waals surface area contributed by atoms with Gasteiger partial charge in [-0.1, -0.05) is 30.3 Å². The Hall–Kier alpha value is -3.12. The molecule has 0 radical (unpaired) electrons. The minimum absolute atomic E-state index is 0.0277. The maximum atomic E-state index is 13.5. The van der Waals surface area contributed by atoms with Crippen LogP contribution in [-0.2, 0) is 16.0 Å². The van der Waals surface area contributed by atoms with Crippen molar-refractivity contribution in [2.24, 2.45) is 0 Å². The van der Waals surface area contributed by atoms with E-state index < -0.39 is 0 Å². The zero-order valence-electron chi connectivity index (χ0n) is 18.6. The van der Waals surface area contributed by atoms with Gasteiger partial charge in [-0.25, -0.2) is 9.59 Å². The van der Waals surface area contributed by atoms with Crippen molar-refractivity contribution >= 4 is 23.3 Å². The van der Waals surface area contributed by atoms with Gasteiger partial charge in [0.15, 0.2) is 0 Å². The Bertz CT molecular complexity index is 978. The molecular weight excluding hydrogens is 404 g/mol. The zero-order valence-corrected chi connectivity index (χ0v) is 18.6. The average Bonchev–Trinajstić information content (AvgIpc) is 2.88. The fraction of sp³-hybridized carbons (Fsp3) is 0.385. The fourth-order valence-electron chi connectivity index (χ4n) is 4.22. The molecule has 2 aliphatic rings. The Balaban J connectivity index is 1.62. The molecule has 0 aromatic heterocycles. The van der Waals surface area contributed by atoms with E-state index in [1.54, 1.807) is 12.1 Å². The van der Waals surface area contributed by atoms with Crippen molar-refractivity contribution in [1.82, 2.24) is 4.90 Å². The van der Waals surface area contributed by atoms with Crippen molar-refractivity contribution < 1.29 is 19.1 Å². The number of amides is 2. The number of carbonyl (C=O) groups is 2. The molecule has 1 heterocycles. The van der Waals surface area contributed by atoms with Crippen molar-refractivity contribution in [3.05, 3.63) is 71.3 Å². The van der Waals surface area contributed by atoms with E-state index >= 15 is 0 Å². The lowest BCUT2D eigenvalue weighted by molar-refractivity contribution is 0.0548. The molecule has 1 fully saturated rings. The van der Waals surface area contributed by atoms with Crippen molar-refractivity contribution in [1.29, 1.82) is 0 Å². The summed E-state index contributed by atoms with van der Waals surface area (Å²) < 4.78 is 10.2. The molecule has 1 aliphatic carbocycles. The summed E-state index contributed by atoms with van der Waals surface area (Å²) in [7, 11) is 1.37. The quantitative estimate of drug-likeness (QED) is 0.629. The third-order valence-corrected chi connectivity index (χ3v) is 6.05. The Morgan fingerprint density at radius 3 is 2.53 bits per heavy atom. The highest BCUT2D eigenvalue weighted by Crippen LogP contribution is 2.30. The number of anilines is 1. The standard InChI is InChI=1S/C26H30N2O4/c1-31-25(29)22-12-10-20(11-13-22)19-28(26(30)27-14-16-32-17-15-27)24-9-5-8-23(18-24)21-6-3-2-4-7-21/h5-6,8-13,18H,2-4,7,14-17,19H2,1H3. The molecule has 32 heavy (non-hydrogen) atoms. The molecule has 2 aromatic rings. The van der Waals surface area contributed by atoms with Gasteiger partial charge in [-0.05, 0) is 66.6 Å². The number of esters is 1. The molecule has 2 amide bonds. The fourth-order valence-corrected chi connectivity index (χ4v) is 4.22. The molecule has 0 saturated carbocycles. The van der Waals surface area contributed by atoms with E-state index in [0.717, 1.165) is 24.1 Å². The third kappa shape index (κ3) is 5.19. The SMILES string of the molecule is COC(=O)c1ccc(CN(C(=O)N2CCOCC2)c2cccc(C3=CCCCC3)c2)cc1. The van der Waals surface area contributed by atoms with E-state index in [4.69, 9.17) is 9.47 Å². The number of hydrogen-bond donors (Lipinski definition) is 0. The third-order valence-electron chi connectivity index (χ3n) is 6.05. The smallest absolute Gasteiger partial charge is 0.337 e. The second-order valence-electron chi connectivity index (χ2n) is 8.18. The number of urea groups is 1. The first-order valence-electron chi connectivity index (χ1n) is 11.3. The first-order chi connectivity index (χ1) is 15.7. The molecule has 0 bridgehead atoms. The molecule has 1 aliphatic heterocycles. The normalized spacial score (nSPS) is 16.3. The van der Waals surface area contributed by atoms with Crippen LogP contribution in [0, 0.1) is 0 Å². The molecule has 0 unspecified atom stereocenters. The first-order valence-corrected chi connectivity index (χ1v) is 11.3. The molecular formula is C26H30N2O4. The Morgan fingerprint density at radius 2 is 1.84 bits per heavy atom. The lowest BCUT2D eigenvalue weighted by Crippen LogP contribution is -2.48. The van der Waals surface area contributed by atoms with Crippen molar-refractivity contribution in [3.8, 4) is 0 Å². The van der Waals surface area contributed by atoms with Crippen LogP contribution in [0.25, 0.3) is 5.57 Å². The lowest BCUT2D eigenvalue weighted by atomic mass is 9.93. The van der Waals surface area contributed by atoms with Crippen molar-refractivity contribution in [2.75, 3.05) is 38.3 Å². The van der Waals surface area contributed by atoms with Crippen LogP contribution in [0.5, 0.6) is 0 Å². The molecule has 0 atom stereocenters. The molecule has 6 heteroatoms. The minimum atomic E-state index is -0.369. The molecule has 1 saturated heterocycles. The van der Waals surface area contributed by atoms with Crippen LogP contribution in [0.3, 0.4) is 0 Å². The predicted octanol–water partition coefficient (Wildman–Crippen LogP) is 4.89. The van der Waals surface area contributed by atoms with Gasteiger partial charge in [0.2, 0.25) is 0 Å². The largest absolute Gasteiger partial charge is 0.465 e. The first kappa shape index (κ1) is 22.1. The zero-order chi connectivity index (χ0) is 22.3. The van der Waals surface area contributed by atoms with Crippen LogP contribution in [0.15, 0.2) is 54.6 Å². The summed E-state index contributed by atoms with van der Waals surface area (Å²) in [5.74, 6) is -0.369. The Kier molecular flexibility index (Phi) is 7.22. The monoisotopic (exact) mass is 434 g/mol. The van der Waals surface area contributed by atoms with Gasteiger partial charge in [-0.15, -0.1) is 0 Å². The highest BCUT2D eigenvalue weighted by molar-refractivity contribution is 5.93. The number of benzene rings is 2. The van der Waals surface area contributed by atoms with Gasteiger partial charge in [0.05, 0.1) is 32.4 Å². The highest BCUT2D eigenvalue weighted by atomic mass is 16.5. The minimum Gasteiger partial charge on any atom is -0.465 e. The van der Waals surface area contributed by atoms with Crippen LogP contribution in [0.1, 0.15) is 47.2 Å². The van der Waals surface area contributed by atoms with E-state index in [9.17, 15) is 9.59 Å². The van der Waals surface area contributed by atoms with Crippen LogP contribution in [0.4, 0.5) is 10.5 Å². The van der Waals surface area contributed by atoms with E-state index in [1.165, 1.54) is 31.1 Å². The Morgan fingerprint density at radius 1 is 1.06 bits per heavy atom. The molecule has 4 rings (SSSR count). The van der Waals surface area contributed by atoms with E-state index in [2.05, 4.69) is 18.2 Å². The second-order valence-corrected chi connectivity index (χ2v) is 8.18. The number of rotatable bonds is 5. The van der Waals surface area contributed by atoms with Gasteiger partial charge in [0.25, 0.3) is 0 Å². The second kappa shape index (κ2) is 10.5. The summed E-state index contributed by atoms with van der Waals surface area (Å²) in [4.78, 5) is 29.0. The topological polar surface area (TPSA) is 59.1 Å². The average molecular weight is 435 g/mol. The maximum absolute atomic E-state index is 13.5. The summed E-state index contributed by atoms with van der Waals surface area (Å²) in [6.07, 6.45) is 6.96. The number of methoxy groups -OCH3 is 1. The maximum Gasteiger partial charge on any atom is 0.337 e. The van der Waals surface area contributed by atoms with Crippen LogP contribution >= 0.6 is 0 Å². The highest BCUT2D eigenvalue weighted by Gasteiger charge is 2.25. The van der Waals surface area contributed by atoms with Gasteiger partial charge in [0.1, 0.15) is 0 Å². The van der Waals surface area contributed by atoms with E-state index in [0.29, 0.717) is 38.4 Å². The summed E-state index contributed by atoms with van der Waals surface area (Å²) in [5, 5.41) is 0. The summed E-state index contributed by atoms with van der Waals surface area (Å²) >= 11 is 0. The molecule has 168 valence electrons. The van der Waals surface area contributed by atoms with Crippen molar-refractivity contribution in [2.45, 2.75) is 32.2 Å². The Labute approximate surface area is 189 Å². The van der Waals surface area contributed by atoms with Gasteiger partial charge in [0, 0.05) is 18.8 Å².